The normalized spacial score (nSPS) is 24.5. The molecule has 6 heteroatoms. The van der Waals surface area contributed by atoms with Gasteiger partial charge in [-0.15, -0.1) is 0 Å². The quantitative estimate of drug-likeness (QED) is 0.757. The van der Waals surface area contributed by atoms with Gasteiger partial charge in [0.25, 0.3) is 11.8 Å². The first-order valence-corrected chi connectivity index (χ1v) is 7.25. The molecule has 0 unspecified atom stereocenters. The number of carbonyl (C=O) groups excluding carboxylic acids is 2. The number of benzene rings is 1. The van der Waals surface area contributed by atoms with E-state index >= 15 is 0 Å². The lowest BCUT2D eigenvalue weighted by Crippen LogP contribution is -2.40. The number of hydrogen-bond donors (Lipinski definition) is 3. The van der Waals surface area contributed by atoms with Crippen LogP contribution in [-0.2, 0) is 4.79 Å². The predicted molar refractivity (Wildman–Crippen MR) is 78.3 cm³/mol. The van der Waals surface area contributed by atoms with Crippen molar-refractivity contribution in [1.29, 1.82) is 0 Å². The highest BCUT2D eigenvalue weighted by molar-refractivity contribution is 6.03. The van der Waals surface area contributed by atoms with E-state index in [0.29, 0.717) is 17.0 Å². The summed E-state index contributed by atoms with van der Waals surface area (Å²) in [5.74, 6) is 0.0758. The monoisotopic (exact) mass is 289 g/mol. The van der Waals surface area contributed by atoms with Gasteiger partial charge >= 0.3 is 0 Å². The van der Waals surface area contributed by atoms with Crippen molar-refractivity contribution < 1.29 is 14.3 Å². The van der Waals surface area contributed by atoms with E-state index in [1.54, 1.807) is 18.2 Å². The fourth-order valence-corrected chi connectivity index (χ4v) is 2.82. The Morgan fingerprint density at radius 1 is 1.29 bits per heavy atom. The van der Waals surface area contributed by atoms with E-state index in [9.17, 15) is 9.59 Å². The lowest BCUT2D eigenvalue weighted by molar-refractivity contribution is -0.118. The molecule has 0 spiro atoms. The summed E-state index contributed by atoms with van der Waals surface area (Å²) in [5, 5.41) is 5.73. The minimum Gasteiger partial charge on any atom is -0.481 e. The van der Waals surface area contributed by atoms with Gasteiger partial charge in [0.15, 0.2) is 12.4 Å². The molecule has 2 amide bonds. The molecule has 0 bridgehead atoms. The summed E-state index contributed by atoms with van der Waals surface area (Å²) in [6.07, 6.45) is 3.67. The average molecular weight is 289 g/mol. The van der Waals surface area contributed by atoms with Gasteiger partial charge < -0.3 is 21.1 Å². The second kappa shape index (κ2) is 5.73. The molecule has 3 rings (SSSR count). The van der Waals surface area contributed by atoms with Crippen LogP contribution in [0.3, 0.4) is 0 Å². The van der Waals surface area contributed by atoms with Crippen LogP contribution in [0.15, 0.2) is 18.2 Å². The number of anilines is 1. The highest BCUT2D eigenvalue weighted by atomic mass is 16.5. The fraction of sp³-hybridized carbons (Fsp3) is 0.467. The highest BCUT2D eigenvalue weighted by Gasteiger charge is 2.25. The van der Waals surface area contributed by atoms with Crippen LogP contribution in [0, 0.1) is 0 Å². The lowest BCUT2D eigenvalue weighted by atomic mass is 9.91. The van der Waals surface area contributed by atoms with E-state index in [2.05, 4.69) is 10.6 Å². The Balaban J connectivity index is 1.73. The molecule has 0 radical (unpaired) electrons. The lowest BCUT2D eigenvalue weighted by Gasteiger charge is -2.27. The number of amides is 2. The molecule has 112 valence electrons. The van der Waals surface area contributed by atoms with Gasteiger partial charge in [-0.25, -0.2) is 0 Å². The van der Waals surface area contributed by atoms with Crippen LogP contribution < -0.4 is 21.1 Å². The molecule has 1 fully saturated rings. The van der Waals surface area contributed by atoms with E-state index in [4.69, 9.17) is 10.5 Å². The van der Waals surface area contributed by atoms with Crippen molar-refractivity contribution in [1.82, 2.24) is 5.32 Å². The number of rotatable bonds is 2. The summed E-state index contributed by atoms with van der Waals surface area (Å²) in [5.41, 5.74) is 6.88. The Kier molecular flexibility index (Phi) is 3.79. The molecular formula is C15H19N3O3. The SMILES string of the molecule is NC1CCC(NC(=O)c2cccc3c2OCC(=O)N3)CC1. The molecule has 6 nitrogen and oxygen atoms in total. The van der Waals surface area contributed by atoms with E-state index in [0.717, 1.165) is 25.7 Å². The molecule has 1 aliphatic heterocycles. The smallest absolute Gasteiger partial charge is 0.262 e. The second-order valence-electron chi connectivity index (χ2n) is 5.60. The summed E-state index contributed by atoms with van der Waals surface area (Å²) < 4.78 is 5.40. The summed E-state index contributed by atoms with van der Waals surface area (Å²) >= 11 is 0. The zero-order valence-electron chi connectivity index (χ0n) is 11.7. The zero-order chi connectivity index (χ0) is 14.8. The number of ether oxygens (including phenoxy) is 1. The van der Waals surface area contributed by atoms with Crippen molar-refractivity contribution in [3.05, 3.63) is 23.8 Å². The fourth-order valence-electron chi connectivity index (χ4n) is 2.82. The first-order valence-electron chi connectivity index (χ1n) is 7.25. The summed E-state index contributed by atoms with van der Waals surface area (Å²) in [4.78, 5) is 23.7. The Morgan fingerprint density at radius 3 is 2.81 bits per heavy atom. The van der Waals surface area contributed by atoms with Crippen LogP contribution in [0.4, 0.5) is 5.69 Å². The first kappa shape index (κ1) is 13.9. The number of fused-ring (bicyclic) bond motifs is 1. The maximum absolute atomic E-state index is 12.4. The number of hydrogen-bond acceptors (Lipinski definition) is 4. The Bertz CT molecular complexity index is 565. The van der Waals surface area contributed by atoms with E-state index in [-0.39, 0.29) is 30.5 Å². The number of nitrogens with one attached hydrogen (secondary N) is 2. The number of nitrogens with two attached hydrogens (primary N) is 1. The molecule has 0 atom stereocenters. The summed E-state index contributed by atoms with van der Waals surface area (Å²) in [7, 11) is 0. The van der Waals surface area contributed by atoms with Crippen molar-refractivity contribution >= 4 is 17.5 Å². The Morgan fingerprint density at radius 2 is 2.05 bits per heavy atom. The van der Waals surface area contributed by atoms with Gasteiger partial charge in [-0.1, -0.05) is 6.07 Å². The number of para-hydroxylation sites is 1. The summed E-state index contributed by atoms with van der Waals surface area (Å²) in [6.45, 7) is -0.0599. The predicted octanol–water partition coefficient (Wildman–Crippen LogP) is 1.02. The van der Waals surface area contributed by atoms with Gasteiger partial charge in [0.2, 0.25) is 0 Å². The van der Waals surface area contributed by atoms with Crippen LogP contribution in [0.1, 0.15) is 36.0 Å². The minimum atomic E-state index is -0.207. The second-order valence-corrected chi connectivity index (χ2v) is 5.60. The molecule has 4 N–H and O–H groups in total. The van der Waals surface area contributed by atoms with Crippen molar-refractivity contribution in [2.24, 2.45) is 5.73 Å². The first-order chi connectivity index (χ1) is 10.1. The molecular weight excluding hydrogens is 270 g/mol. The van der Waals surface area contributed by atoms with Gasteiger partial charge in [-0.2, -0.15) is 0 Å². The maximum atomic E-state index is 12.4. The van der Waals surface area contributed by atoms with Crippen molar-refractivity contribution in [3.8, 4) is 5.75 Å². The maximum Gasteiger partial charge on any atom is 0.262 e. The van der Waals surface area contributed by atoms with Gasteiger partial charge in [-0.05, 0) is 37.8 Å². The van der Waals surface area contributed by atoms with Crippen molar-refractivity contribution in [2.45, 2.75) is 37.8 Å². The third-order valence-corrected chi connectivity index (χ3v) is 3.99. The highest BCUT2D eigenvalue weighted by Crippen LogP contribution is 2.31. The largest absolute Gasteiger partial charge is 0.481 e. The minimum absolute atomic E-state index is 0.0599. The standard InChI is InChI=1S/C15H19N3O3/c16-9-4-6-10(7-5-9)17-15(20)11-2-1-3-12-14(11)21-8-13(19)18-12/h1-3,9-10H,4-8,16H2,(H,17,20)(H,18,19). The molecule has 1 aromatic rings. The molecule has 21 heavy (non-hydrogen) atoms. The van der Waals surface area contributed by atoms with Gasteiger partial charge in [0.05, 0.1) is 11.3 Å². The Labute approximate surface area is 123 Å². The van der Waals surface area contributed by atoms with Crippen molar-refractivity contribution in [2.75, 3.05) is 11.9 Å². The molecule has 1 saturated carbocycles. The zero-order valence-corrected chi connectivity index (χ0v) is 11.7. The molecule has 1 aliphatic carbocycles. The third kappa shape index (κ3) is 3.00. The van der Waals surface area contributed by atoms with E-state index in [1.165, 1.54) is 0 Å². The van der Waals surface area contributed by atoms with Crippen LogP contribution in [-0.4, -0.2) is 30.5 Å². The Hall–Kier alpha value is -2.08. The molecule has 2 aliphatic rings. The third-order valence-electron chi connectivity index (χ3n) is 3.99. The number of carbonyl (C=O) groups is 2. The van der Waals surface area contributed by atoms with Crippen LogP contribution in [0.2, 0.25) is 0 Å². The molecule has 0 saturated heterocycles. The van der Waals surface area contributed by atoms with Gasteiger partial charge in [0, 0.05) is 12.1 Å². The topological polar surface area (TPSA) is 93.4 Å². The molecule has 1 aromatic carbocycles. The van der Waals surface area contributed by atoms with E-state index < -0.39 is 0 Å². The van der Waals surface area contributed by atoms with Crippen LogP contribution in [0.5, 0.6) is 5.75 Å². The average Bonchev–Trinajstić information content (AvgIpc) is 2.48. The van der Waals surface area contributed by atoms with Crippen LogP contribution in [0.25, 0.3) is 0 Å². The molecule has 1 heterocycles. The van der Waals surface area contributed by atoms with Gasteiger partial charge in [0.1, 0.15) is 0 Å². The van der Waals surface area contributed by atoms with E-state index in [1.807, 2.05) is 0 Å². The molecule has 0 aromatic heterocycles. The van der Waals surface area contributed by atoms with Crippen molar-refractivity contribution in [3.63, 3.8) is 0 Å². The van der Waals surface area contributed by atoms with Crippen LogP contribution >= 0.6 is 0 Å². The van der Waals surface area contributed by atoms with Gasteiger partial charge in [-0.3, -0.25) is 9.59 Å². The summed E-state index contributed by atoms with van der Waals surface area (Å²) in [6, 6.07) is 5.58.